The Labute approximate surface area is 239 Å². The molecule has 0 spiro atoms. The average molecular weight is 598 g/mol. The second kappa shape index (κ2) is 11.7. The van der Waals surface area contributed by atoms with Gasteiger partial charge in [-0.05, 0) is 98.6 Å². The first-order valence-electron chi connectivity index (χ1n) is 12.2. The maximum atomic E-state index is 13.5. The van der Waals surface area contributed by atoms with Crippen LogP contribution in [-0.2, 0) is 24.8 Å². The zero-order chi connectivity index (χ0) is 29.1. The standard InChI is InChI=1S/C29H28ClN3O5S2/c1-20-5-14-27(15-6-20)40(37,38)33(25-12-8-23(30)9-13-25)19-29(34)31-24-10-16-26(17-11-24)39(35,36)32-28-18-21(2)4-7-22(28)3/h4-18,32H,19H2,1-3H3,(H,31,34). The lowest BCUT2D eigenvalue weighted by atomic mass is 10.1. The van der Waals surface area contributed by atoms with Gasteiger partial charge in [-0.1, -0.05) is 41.4 Å². The molecule has 0 fully saturated rings. The van der Waals surface area contributed by atoms with E-state index in [9.17, 15) is 21.6 Å². The van der Waals surface area contributed by atoms with Gasteiger partial charge in [0.15, 0.2) is 0 Å². The molecule has 0 radical (unpaired) electrons. The number of halogens is 1. The van der Waals surface area contributed by atoms with E-state index >= 15 is 0 Å². The van der Waals surface area contributed by atoms with Gasteiger partial charge in [-0.3, -0.25) is 13.8 Å². The van der Waals surface area contributed by atoms with Crippen molar-refractivity contribution in [3.05, 3.63) is 113 Å². The fourth-order valence-corrected chi connectivity index (χ4v) is 6.53. The smallest absolute Gasteiger partial charge is 0.264 e. The minimum absolute atomic E-state index is 0.0103. The first kappa shape index (κ1) is 29.1. The second-order valence-electron chi connectivity index (χ2n) is 9.30. The highest BCUT2D eigenvalue weighted by Crippen LogP contribution is 2.26. The van der Waals surface area contributed by atoms with Crippen LogP contribution in [0.5, 0.6) is 0 Å². The van der Waals surface area contributed by atoms with E-state index in [0.29, 0.717) is 16.4 Å². The third kappa shape index (κ3) is 6.82. The van der Waals surface area contributed by atoms with Crippen molar-refractivity contribution in [2.45, 2.75) is 30.6 Å². The van der Waals surface area contributed by atoms with Crippen LogP contribution in [0.4, 0.5) is 17.1 Å². The lowest BCUT2D eigenvalue weighted by Crippen LogP contribution is -2.38. The number of hydrogen-bond acceptors (Lipinski definition) is 5. The van der Waals surface area contributed by atoms with Gasteiger partial charge in [0.1, 0.15) is 6.54 Å². The van der Waals surface area contributed by atoms with E-state index in [-0.39, 0.29) is 15.5 Å². The zero-order valence-electron chi connectivity index (χ0n) is 22.1. The summed E-state index contributed by atoms with van der Waals surface area (Å²) in [6.07, 6.45) is 0. The Kier molecular flexibility index (Phi) is 8.53. The number of carbonyl (C=O) groups excluding carboxylic acids is 1. The van der Waals surface area contributed by atoms with Crippen molar-refractivity contribution in [1.82, 2.24) is 0 Å². The minimum atomic E-state index is -4.09. The molecule has 2 N–H and O–H groups in total. The number of anilines is 3. The van der Waals surface area contributed by atoms with Crippen LogP contribution in [0, 0.1) is 20.8 Å². The van der Waals surface area contributed by atoms with Crippen LogP contribution in [0.1, 0.15) is 16.7 Å². The summed E-state index contributed by atoms with van der Waals surface area (Å²) in [4.78, 5) is 13.1. The van der Waals surface area contributed by atoms with Gasteiger partial charge < -0.3 is 5.32 Å². The Hall–Kier alpha value is -3.86. The molecule has 0 bridgehead atoms. The van der Waals surface area contributed by atoms with Crippen molar-refractivity contribution >= 4 is 54.6 Å². The van der Waals surface area contributed by atoms with E-state index < -0.39 is 32.5 Å². The first-order valence-corrected chi connectivity index (χ1v) is 15.5. The molecular weight excluding hydrogens is 570 g/mol. The topological polar surface area (TPSA) is 113 Å². The van der Waals surface area contributed by atoms with Gasteiger partial charge in [0.2, 0.25) is 5.91 Å². The number of aryl methyl sites for hydroxylation is 3. The summed E-state index contributed by atoms with van der Waals surface area (Å²) in [7, 11) is -7.96. The van der Waals surface area contributed by atoms with Gasteiger partial charge in [-0.2, -0.15) is 0 Å². The Morgan fingerprint density at radius 2 is 1.32 bits per heavy atom. The lowest BCUT2D eigenvalue weighted by Gasteiger charge is -2.24. The van der Waals surface area contributed by atoms with Gasteiger partial charge in [0, 0.05) is 10.7 Å². The van der Waals surface area contributed by atoms with E-state index in [1.54, 1.807) is 18.2 Å². The summed E-state index contributed by atoms with van der Waals surface area (Å²) in [6, 6.07) is 23.5. The van der Waals surface area contributed by atoms with Gasteiger partial charge in [0.25, 0.3) is 20.0 Å². The summed E-state index contributed by atoms with van der Waals surface area (Å²) in [5.41, 5.74) is 3.64. The van der Waals surface area contributed by atoms with Crippen molar-refractivity contribution in [2.75, 3.05) is 20.9 Å². The molecule has 1 amide bonds. The Bertz CT molecular complexity index is 1740. The van der Waals surface area contributed by atoms with Crippen LogP contribution >= 0.6 is 11.6 Å². The molecule has 11 heteroatoms. The maximum absolute atomic E-state index is 13.5. The second-order valence-corrected chi connectivity index (χ2v) is 13.3. The van der Waals surface area contributed by atoms with Crippen LogP contribution in [0.3, 0.4) is 0 Å². The first-order chi connectivity index (χ1) is 18.8. The molecule has 0 atom stereocenters. The van der Waals surface area contributed by atoms with E-state index in [1.807, 2.05) is 32.9 Å². The molecule has 4 rings (SSSR count). The van der Waals surface area contributed by atoms with Crippen molar-refractivity contribution in [3.63, 3.8) is 0 Å². The Morgan fingerprint density at radius 1 is 0.750 bits per heavy atom. The molecule has 0 unspecified atom stereocenters. The average Bonchev–Trinajstić information content (AvgIpc) is 2.90. The molecule has 4 aromatic carbocycles. The number of benzene rings is 4. The number of amides is 1. The van der Waals surface area contributed by atoms with Crippen LogP contribution < -0.4 is 14.3 Å². The number of rotatable bonds is 9. The zero-order valence-corrected chi connectivity index (χ0v) is 24.4. The molecule has 0 aliphatic heterocycles. The lowest BCUT2D eigenvalue weighted by molar-refractivity contribution is -0.114. The third-order valence-electron chi connectivity index (χ3n) is 6.10. The van der Waals surface area contributed by atoms with Gasteiger partial charge in [-0.15, -0.1) is 0 Å². The predicted octanol–water partition coefficient (Wildman–Crippen LogP) is 5.90. The number of nitrogens with zero attached hydrogens (tertiary/aromatic N) is 1. The fraction of sp³-hybridized carbons (Fsp3) is 0.138. The van der Waals surface area contributed by atoms with Gasteiger partial charge in [0.05, 0.1) is 21.2 Å². The normalized spacial score (nSPS) is 11.6. The van der Waals surface area contributed by atoms with Crippen LogP contribution in [0.2, 0.25) is 5.02 Å². The van der Waals surface area contributed by atoms with E-state index in [1.165, 1.54) is 60.7 Å². The quantitative estimate of drug-likeness (QED) is 0.249. The Morgan fingerprint density at radius 3 is 1.95 bits per heavy atom. The number of hydrogen-bond donors (Lipinski definition) is 2. The fourth-order valence-electron chi connectivity index (χ4n) is 3.86. The van der Waals surface area contributed by atoms with E-state index in [2.05, 4.69) is 10.0 Å². The largest absolute Gasteiger partial charge is 0.325 e. The molecule has 0 aliphatic rings. The van der Waals surface area contributed by atoms with Crippen molar-refractivity contribution < 1.29 is 21.6 Å². The predicted molar refractivity (Wildman–Crippen MR) is 159 cm³/mol. The van der Waals surface area contributed by atoms with Crippen molar-refractivity contribution in [1.29, 1.82) is 0 Å². The van der Waals surface area contributed by atoms with Crippen molar-refractivity contribution in [2.24, 2.45) is 0 Å². The van der Waals surface area contributed by atoms with Crippen LogP contribution in [-0.4, -0.2) is 29.3 Å². The van der Waals surface area contributed by atoms with Gasteiger partial charge in [-0.25, -0.2) is 16.8 Å². The molecule has 0 aliphatic carbocycles. The monoisotopic (exact) mass is 597 g/mol. The summed E-state index contributed by atoms with van der Waals surface area (Å²) >= 11 is 5.99. The Balaban J connectivity index is 1.53. The highest BCUT2D eigenvalue weighted by Gasteiger charge is 2.27. The molecular formula is C29H28ClN3O5S2. The molecule has 0 saturated carbocycles. The minimum Gasteiger partial charge on any atom is -0.325 e. The van der Waals surface area contributed by atoms with E-state index in [4.69, 9.17) is 11.6 Å². The summed E-state index contributed by atoms with van der Waals surface area (Å²) in [6.45, 7) is 5.00. The summed E-state index contributed by atoms with van der Waals surface area (Å²) in [5.74, 6) is -0.616. The molecule has 0 heterocycles. The number of sulfonamides is 2. The highest BCUT2D eigenvalue weighted by molar-refractivity contribution is 7.93. The molecule has 8 nitrogen and oxygen atoms in total. The third-order valence-corrected chi connectivity index (χ3v) is 9.52. The molecule has 0 aromatic heterocycles. The summed E-state index contributed by atoms with van der Waals surface area (Å²) in [5, 5.41) is 3.06. The molecule has 0 saturated heterocycles. The molecule has 40 heavy (non-hydrogen) atoms. The molecule has 208 valence electrons. The maximum Gasteiger partial charge on any atom is 0.264 e. The van der Waals surface area contributed by atoms with Gasteiger partial charge >= 0.3 is 0 Å². The SMILES string of the molecule is Cc1ccc(S(=O)(=O)N(CC(=O)Nc2ccc(S(=O)(=O)Nc3cc(C)ccc3C)cc2)c2ccc(Cl)cc2)cc1. The summed E-state index contributed by atoms with van der Waals surface area (Å²) < 4.78 is 56.4. The van der Waals surface area contributed by atoms with Crippen LogP contribution in [0.25, 0.3) is 0 Å². The highest BCUT2D eigenvalue weighted by atomic mass is 35.5. The number of carbonyl (C=O) groups is 1. The van der Waals surface area contributed by atoms with E-state index in [0.717, 1.165) is 21.0 Å². The number of nitrogens with one attached hydrogen (secondary N) is 2. The van der Waals surface area contributed by atoms with Crippen molar-refractivity contribution in [3.8, 4) is 0 Å². The van der Waals surface area contributed by atoms with Crippen LogP contribution in [0.15, 0.2) is 101 Å². The molecule has 4 aromatic rings.